The van der Waals surface area contributed by atoms with Crippen molar-refractivity contribution in [1.82, 2.24) is 19.6 Å². The van der Waals surface area contributed by atoms with Crippen LogP contribution >= 0.6 is 11.3 Å². The maximum absolute atomic E-state index is 5.44. The van der Waals surface area contributed by atoms with Crippen LogP contribution in [0.2, 0.25) is 0 Å². The summed E-state index contributed by atoms with van der Waals surface area (Å²) in [5, 5.41) is 10.4. The van der Waals surface area contributed by atoms with Gasteiger partial charge >= 0.3 is 0 Å². The standard InChI is InChI=1S/C57H36N4S/c1-4-15-38(16-5-1)49-36-50(39-29-27-37(28-30-39)46-24-14-25-48-47-23-12-13-26-52(47)62-56(46)48)59-57(58-49)43-33-31-42(32-34-43)54-53(41-19-8-3-9-20-41)55-45-22-11-10-21-44(45)35-51(61(55)60-54)40-17-6-2-7-18-40/h1-36H. The molecule has 0 aliphatic carbocycles. The molecule has 0 N–H and O–H groups in total. The molecule has 0 aliphatic heterocycles. The minimum Gasteiger partial charge on any atom is -0.231 e. The van der Waals surface area contributed by atoms with Gasteiger partial charge in [-0.25, -0.2) is 14.5 Å². The summed E-state index contributed by atoms with van der Waals surface area (Å²) in [6.45, 7) is 0. The average molecular weight is 809 g/mol. The van der Waals surface area contributed by atoms with Crippen molar-refractivity contribution in [1.29, 1.82) is 0 Å². The molecular weight excluding hydrogens is 773 g/mol. The van der Waals surface area contributed by atoms with Gasteiger partial charge in [-0.05, 0) is 40.3 Å². The Morgan fingerprint density at radius 1 is 0.387 bits per heavy atom. The largest absolute Gasteiger partial charge is 0.231 e. The maximum atomic E-state index is 5.44. The summed E-state index contributed by atoms with van der Waals surface area (Å²) in [4.78, 5) is 10.4. The maximum Gasteiger partial charge on any atom is 0.160 e. The third kappa shape index (κ3) is 6.18. The SMILES string of the molecule is c1ccc(-c2cc(-c3ccc(-c4cccc5c4sc4ccccc45)cc3)nc(-c3ccc(-c4nn5c(-c6ccccc6)cc6ccccc6c5c4-c4ccccc4)cc3)n2)cc1. The molecule has 4 nitrogen and oxygen atoms in total. The summed E-state index contributed by atoms with van der Waals surface area (Å²) in [5.41, 5.74) is 14.6. The van der Waals surface area contributed by atoms with E-state index >= 15 is 0 Å². The van der Waals surface area contributed by atoms with Crippen LogP contribution in [0.15, 0.2) is 218 Å². The van der Waals surface area contributed by atoms with Crippen molar-refractivity contribution in [3.8, 4) is 78.7 Å². The van der Waals surface area contributed by atoms with Crippen LogP contribution in [0.5, 0.6) is 0 Å². The zero-order valence-corrected chi connectivity index (χ0v) is 34.3. The van der Waals surface area contributed by atoms with Crippen molar-refractivity contribution in [2.45, 2.75) is 0 Å². The second-order valence-electron chi connectivity index (χ2n) is 15.6. The molecule has 0 aliphatic rings. The van der Waals surface area contributed by atoms with E-state index in [2.05, 4.69) is 217 Å². The van der Waals surface area contributed by atoms with Gasteiger partial charge in [0.25, 0.3) is 0 Å². The number of thiophene rings is 1. The lowest BCUT2D eigenvalue weighted by molar-refractivity contribution is 0.979. The minimum atomic E-state index is 0.669. The van der Waals surface area contributed by atoms with Gasteiger partial charge in [0.2, 0.25) is 0 Å². The fourth-order valence-corrected chi connectivity index (χ4v) is 10.1. The number of rotatable bonds is 7. The van der Waals surface area contributed by atoms with E-state index in [1.54, 1.807) is 0 Å². The molecule has 0 saturated heterocycles. The molecule has 0 amide bonds. The molecule has 0 bridgehead atoms. The molecule has 12 rings (SSSR count). The highest BCUT2D eigenvalue weighted by molar-refractivity contribution is 7.26. The molecule has 0 unspecified atom stereocenters. The third-order valence-corrected chi connectivity index (χ3v) is 13.1. The molecule has 290 valence electrons. The molecule has 0 radical (unpaired) electrons. The molecule has 62 heavy (non-hydrogen) atoms. The Labute approximate surface area is 362 Å². The molecule has 12 aromatic rings. The number of nitrogens with zero attached hydrogens (tertiary/aromatic N) is 4. The lowest BCUT2D eigenvalue weighted by Crippen LogP contribution is -1.96. The van der Waals surface area contributed by atoms with E-state index in [1.807, 2.05) is 17.4 Å². The van der Waals surface area contributed by atoms with Gasteiger partial charge in [0.15, 0.2) is 5.82 Å². The first-order valence-electron chi connectivity index (χ1n) is 20.9. The van der Waals surface area contributed by atoms with E-state index in [4.69, 9.17) is 15.1 Å². The minimum absolute atomic E-state index is 0.669. The van der Waals surface area contributed by atoms with Gasteiger partial charge in [-0.1, -0.05) is 200 Å². The van der Waals surface area contributed by atoms with Crippen LogP contribution in [0.25, 0.3) is 115 Å². The molecule has 8 aromatic carbocycles. The number of benzene rings is 8. The average Bonchev–Trinajstić information content (AvgIpc) is 3.95. The van der Waals surface area contributed by atoms with Gasteiger partial charge in [-0.3, -0.25) is 0 Å². The molecule has 4 heterocycles. The van der Waals surface area contributed by atoms with Crippen LogP contribution in [0.1, 0.15) is 0 Å². The van der Waals surface area contributed by atoms with Gasteiger partial charge < -0.3 is 0 Å². The first-order valence-corrected chi connectivity index (χ1v) is 21.7. The first kappa shape index (κ1) is 35.9. The van der Waals surface area contributed by atoms with Gasteiger partial charge in [-0.2, -0.15) is 5.10 Å². The first-order chi connectivity index (χ1) is 30.7. The summed E-state index contributed by atoms with van der Waals surface area (Å²) >= 11 is 1.86. The Morgan fingerprint density at radius 2 is 0.935 bits per heavy atom. The highest BCUT2D eigenvalue weighted by Gasteiger charge is 2.22. The molecule has 4 aromatic heterocycles. The monoisotopic (exact) mass is 808 g/mol. The van der Waals surface area contributed by atoms with Crippen molar-refractivity contribution < 1.29 is 0 Å². The van der Waals surface area contributed by atoms with E-state index in [0.717, 1.165) is 72.6 Å². The molecule has 0 atom stereocenters. The van der Waals surface area contributed by atoms with Crippen molar-refractivity contribution in [2.75, 3.05) is 0 Å². The molecule has 5 heteroatoms. The van der Waals surface area contributed by atoms with E-state index in [0.29, 0.717) is 5.82 Å². The van der Waals surface area contributed by atoms with Gasteiger partial charge in [0.05, 0.1) is 22.6 Å². The van der Waals surface area contributed by atoms with E-state index in [-0.39, 0.29) is 0 Å². The fourth-order valence-electron chi connectivity index (χ4n) is 8.84. The van der Waals surface area contributed by atoms with Gasteiger partial charge in [0, 0.05) is 58.9 Å². The van der Waals surface area contributed by atoms with Crippen LogP contribution in [0.3, 0.4) is 0 Å². The zero-order valence-electron chi connectivity index (χ0n) is 33.5. The Bertz CT molecular complexity index is 3590. The zero-order chi connectivity index (χ0) is 41.0. The Hall–Kier alpha value is -7.99. The van der Waals surface area contributed by atoms with Crippen molar-refractivity contribution >= 4 is 47.8 Å². The number of aromatic nitrogens is 4. The lowest BCUT2D eigenvalue weighted by Gasteiger charge is -2.11. The predicted octanol–water partition coefficient (Wildman–Crippen LogP) is 15.3. The number of pyridine rings is 1. The predicted molar refractivity (Wildman–Crippen MR) is 259 cm³/mol. The number of fused-ring (bicyclic) bond motifs is 6. The van der Waals surface area contributed by atoms with Crippen LogP contribution in [0, 0.1) is 0 Å². The Kier molecular flexibility index (Phi) is 8.65. The number of hydrogen-bond acceptors (Lipinski definition) is 4. The second-order valence-corrected chi connectivity index (χ2v) is 16.6. The summed E-state index contributed by atoms with van der Waals surface area (Å²) in [7, 11) is 0. The van der Waals surface area contributed by atoms with Gasteiger partial charge in [0.1, 0.15) is 5.69 Å². The van der Waals surface area contributed by atoms with Crippen LogP contribution < -0.4 is 0 Å². The molecule has 0 saturated carbocycles. The highest BCUT2D eigenvalue weighted by Crippen LogP contribution is 2.43. The second kappa shape index (κ2) is 14.9. The third-order valence-electron chi connectivity index (χ3n) is 11.9. The number of hydrogen-bond donors (Lipinski definition) is 0. The smallest absolute Gasteiger partial charge is 0.160 e. The summed E-state index contributed by atoms with van der Waals surface area (Å²) in [5.74, 6) is 0.669. The van der Waals surface area contributed by atoms with E-state index in [1.165, 1.54) is 36.7 Å². The Morgan fingerprint density at radius 3 is 1.66 bits per heavy atom. The van der Waals surface area contributed by atoms with E-state index in [9.17, 15) is 0 Å². The van der Waals surface area contributed by atoms with Crippen LogP contribution in [0.4, 0.5) is 0 Å². The van der Waals surface area contributed by atoms with Crippen molar-refractivity contribution in [3.63, 3.8) is 0 Å². The van der Waals surface area contributed by atoms with Crippen molar-refractivity contribution in [2.24, 2.45) is 0 Å². The van der Waals surface area contributed by atoms with Crippen LogP contribution in [-0.4, -0.2) is 19.6 Å². The molecular formula is C57H36N4S. The lowest BCUT2D eigenvalue weighted by atomic mass is 9.96. The summed E-state index contributed by atoms with van der Waals surface area (Å²) in [6.07, 6.45) is 0. The normalized spacial score (nSPS) is 11.5. The Balaban J connectivity index is 0.973. The summed E-state index contributed by atoms with van der Waals surface area (Å²) < 4.78 is 4.75. The highest BCUT2D eigenvalue weighted by atomic mass is 32.1. The van der Waals surface area contributed by atoms with E-state index < -0.39 is 0 Å². The van der Waals surface area contributed by atoms with Gasteiger partial charge in [-0.15, -0.1) is 11.3 Å². The van der Waals surface area contributed by atoms with Crippen molar-refractivity contribution in [3.05, 3.63) is 218 Å². The molecule has 0 fully saturated rings. The fraction of sp³-hybridized carbons (Fsp3) is 0. The molecule has 0 spiro atoms. The van der Waals surface area contributed by atoms with Crippen LogP contribution in [-0.2, 0) is 0 Å². The summed E-state index contributed by atoms with van der Waals surface area (Å²) in [6, 6.07) is 77.2. The topological polar surface area (TPSA) is 43.1 Å². The quantitative estimate of drug-likeness (QED) is 0.161.